The highest BCUT2D eigenvalue weighted by Crippen LogP contribution is 2.10. The predicted octanol–water partition coefficient (Wildman–Crippen LogP) is 2.50. The van der Waals surface area contributed by atoms with Crippen LogP contribution in [0.2, 0.25) is 0 Å². The van der Waals surface area contributed by atoms with Crippen LogP contribution < -0.4 is 0 Å². The number of rotatable bonds is 1. The minimum Gasteiger partial charge on any atom is -0.282 e. The second-order valence-electron chi connectivity index (χ2n) is 2.36. The molecule has 2 heteroatoms. The van der Waals surface area contributed by atoms with E-state index >= 15 is 0 Å². The fourth-order valence-electron chi connectivity index (χ4n) is 0.890. The van der Waals surface area contributed by atoms with Gasteiger partial charge in [-0.05, 0) is 19.2 Å². The normalized spacial score (nSPS) is 9.64. The van der Waals surface area contributed by atoms with Gasteiger partial charge in [0.05, 0.1) is 0 Å². The lowest BCUT2D eigenvalue weighted by atomic mass is 10.2. The molecule has 1 aromatic carbocycles. The first kappa shape index (κ1) is 8.34. The van der Waals surface area contributed by atoms with E-state index in [1.54, 1.807) is 6.26 Å². The summed E-state index contributed by atoms with van der Waals surface area (Å²) < 4.78 is 0. The molecule has 0 saturated heterocycles. The molecule has 0 bridgehead atoms. The van der Waals surface area contributed by atoms with Crippen LogP contribution in [0.15, 0.2) is 24.3 Å². The van der Waals surface area contributed by atoms with Crippen molar-refractivity contribution in [1.82, 2.24) is 0 Å². The topological polar surface area (TPSA) is 17.1 Å². The van der Waals surface area contributed by atoms with Crippen molar-refractivity contribution < 1.29 is 4.79 Å². The van der Waals surface area contributed by atoms with Gasteiger partial charge in [0.25, 0.3) is 0 Å². The summed E-state index contributed by atoms with van der Waals surface area (Å²) in [6, 6.07) is 7.63. The van der Waals surface area contributed by atoms with Gasteiger partial charge in [-0.15, -0.1) is 0 Å². The highest BCUT2D eigenvalue weighted by molar-refractivity contribution is 8.13. The molecule has 1 nitrogen and oxygen atoms in total. The molecular weight excluding hydrogens is 156 g/mol. The van der Waals surface area contributed by atoms with Crippen LogP contribution in [-0.2, 0) is 0 Å². The van der Waals surface area contributed by atoms with Gasteiger partial charge >= 0.3 is 0 Å². The Kier molecular flexibility index (Phi) is 2.71. The van der Waals surface area contributed by atoms with Crippen molar-refractivity contribution in [2.24, 2.45) is 0 Å². The summed E-state index contributed by atoms with van der Waals surface area (Å²) in [5, 5.41) is 0.133. The summed E-state index contributed by atoms with van der Waals surface area (Å²) in [7, 11) is 0. The van der Waals surface area contributed by atoms with Gasteiger partial charge in [0, 0.05) is 5.56 Å². The van der Waals surface area contributed by atoms with Crippen molar-refractivity contribution in [2.75, 3.05) is 6.26 Å². The van der Waals surface area contributed by atoms with Crippen molar-refractivity contribution in [2.45, 2.75) is 6.92 Å². The molecule has 0 heterocycles. The van der Waals surface area contributed by atoms with Crippen molar-refractivity contribution in [3.05, 3.63) is 35.4 Å². The number of hydrogen-bond donors (Lipinski definition) is 0. The van der Waals surface area contributed by atoms with Crippen LogP contribution in [0.1, 0.15) is 15.9 Å². The van der Waals surface area contributed by atoms with Crippen molar-refractivity contribution in [3.63, 3.8) is 0 Å². The molecule has 58 valence electrons. The average Bonchev–Trinajstić information content (AvgIpc) is 2.03. The maximum atomic E-state index is 11.1. The van der Waals surface area contributed by atoms with Gasteiger partial charge in [0.15, 0.2) is 0 Å². The molecule has 0 aliphatic carbocycles. The zero-order chi connectivity index (χ0) is 8.27. The van der Waals surface area contributed by atoms with Gasteiger partial charge in [-0.25, -0.2) is 0 Å². The number of hydrogen-bond acceptors (Lipinski definition) is 2. The predicted molar refractivity (Wildman–Crippen MR) is 49.0 cm³/mol. The fourth-order valence-corrected chi connectivity index (χ4v) is 1.25. The second kappa shape index (κ2) is 3.58. The lowest BCUT2D eigenvalue weighted by molar-refractivity contribution is 0.108. The maximum Gasteiger partial charge on any atom is 0.219 e. The smallest absolute Gasteiger partial charge is 0.219 e. The first-order chi connectivity index (χ1) is 5.24. The van der Waals surface area contributed by atoms with Gasteiger partial charge in [0.1, 0.15) is 0 Å². The maximum absolute atomic E-state index is 11.1. The Bertz CT molecular complexity index is 268. The van der Waals surface area contributed by atoms with Crippen LogP contribution in [0.4, 0.5) is 0 Å². The van der Waals surface area contributed by atoms with E-state index in [1.165, 1.54) is 11.8 Å². The molecule has 0 fully saturated rings. The van der Waals surface area contributed by atoms with Crippen LogP contribution >= 0.6 is 11.8 Å². The molecule has 0 saturated carbocycles. The first-order valence-corrected chi connectivity index (χ1v) is 4.61. The van der Waals surface area contributed by atoms with Crippen molar-refractivity contribution in [1.29, 1.82) is 0 Å². The largest absolute Gasteiger partial charge is 0.282 e. The molecule has 0 unspecified atom stereocenters. The van der Waals surface area contributed by atoms with E-state index in [9.17, 15) is 4.79 Å². The molecule has 0 aromatic heterocycles. The first-order valence-electron chi connectivity index (χ1n) is 3.39. The number of benzene rings is 1. The summed E-state index contributed by atoms with van der Waals surface area (Å²) in [5.41, 5.74) is 1.92. The zero-order valence-corrected chi connectivity index (χ0v) is 7.44. The standard InChI is InChI=1S/C9H10OS/c1-7-4-3-5-8(6-7)9(10)11-2/h3-6H,1-2H3. The van der Waals surface area contributed by atoms with Crippen LogP contribution in [0.5, 0.6) is 0 Å². The minimum atomic E-state index is 0.133. The van der Waals surface area contributed by atoms with Crippen molar-refractivity contribution in [3.8, 4) is 0 Å². The zero-order valence-electron chi connectivity index (χ0n) is 6.63. The number of aryl methyl sites for hydroxylation is 1. The van der Waals surface area contributed by atoms with E-state index in [0.29, 0.717) is 0 Å². The highest BCUT2D eigenvalue weighted by Gasteiger charge is 2.01. The van der Waals surface area contributed by atoms with Crippen LogP contribution in [-0.4, -0.2) is 11.4 Å². The highest BCUT2D eigenvalue weighted by atomic mass is 32.2. The van der Waals surface area contributed by atoms with Gasteiger partial charge in [-0.3, -0.25) is 4.79 Å². The molecule has 0 radical (unpaired) electrons. The van der Waals surface area contributed by atoms with E-state index < -0.39 is 0 Å². The third-order valence-corrected chi connectivity index (χ3v) is 2.05. The Morgan fingerprint density at radius 2 is 2.18 bits per heavy atom. The van der Waals surface area contributed by atoms with E-state index in [2.05, 4.69) is 0 Å². The van der Waals surface area contributed by atoms with Gasteiger partial charge in [-0.1, -0.05) is 35.5 Å². The lowest BCUT2D eigenvalue weighted by Crippen LogP contribution is -1.91. The SMILES string of the molecule is CSC(=O)c1cccc(C)c1. The van der Waals surface area contributed by atoms with Crippen LogP contribution in [0.25, 0.3) is 0 Å². The summed E-state index contributed by atoms with van der Waals surface area (Å²) in [4.78, 5) is 11.1. The summed E-state index contributed by atoms with van der Waals surface area (Å²) >= 11 is 1.25. The molecule has 0 amide bonds. The van der Waals surface area contributed by atoms with Crippen LogP contribution in [0.3, 0.4) is 0 Å². The van der Waals surface area contributed by atoms with E-state index in [4.69, 9.17) is 0 Å². The summed E-state index contributed by atoms with van der Waals surface area (Å²) in [6.45, 7) is 1.98. The second-order valence-corrected chi connectivity index (χ2v) is 3.14. The van der Waals surface area contributed by atoms with E-state index in [0.717, 1.165) is 11.1 Å². The number of thioether (sulfide) groups is 1. The Morgan fingerprint density at radius 1 is 1.45 bits per heavy atom. The molecular formula is C9H10OS. The van der Waals surface area contributed by atoms with E-state index in [1.807, 2.05) is 31.2 Å². The Morgan fingerprint density at radius 3 is 2.73 bits per heavy atom. The Hall–Kier alpha value is -0.760. The third-order valence-electron chi connectivity index (χ3n) is 1.44. The quantitative estimate of drug-likeness (QED) is 0.637. The Labute approximate surface area is 70.8 Å². The molecule has 0 aliphatic rings. The molecule has 1 aromatic rings. The number of carbonyl (C=O) groups excluding carboxylic acids is 1. The fraction of sp³-hybridized carbons (Fsp3) is 0.222. The molecule has 0 spiro atoms. The molecule has 0 aliphatic heterocycles. The lowest BCUT2D eigenvalue weighted by Gasteiger charge is -1.97. The third kappa shape index (κ3) is 2.09. The van der Waals surface area contributed by atoms with Crippen molar-refractivity contribution >= 4 is 16.9 Å². The van der Waals surface area contributed by atoms with Gasteiger partial charge in [-0.2, -0.15) is 0 Å². The molecule has 0 atom stereocenters. The molecule has 0 N–H and O–H groups in total. The summed E-state index contributed by atoms with van der Waals surface area (Å²) in [6.07, 6.45) is 1.80. The monoisotopic (exact) mass is 166 g/mol. The minimum absolute atomic E-state index is 0.133. The molecule has 11 heavy (non-hydrogen) atoms. The average molecular weight is 166 g/mol. The summed E-state index contributed by atoms with van der Waals surface area (Å²) in [5.74, 6) is 0. The van der Waals surface area contributed by atoms with E-state index in [-0.39, 0.29) is 5.12 Å². The van der Waals surface area contributed by atoms with Crippen LogP contribution in [0, 0.1) is 6.92 Å². The molecule has 1 rings (SSSR count). The number of carbonyl (C=O) groups is 1. The van der Waals surface area contributed by atoms with Gasteiger partial charge in [0.2, 0.25) is 5.12 Å². The van der Waals surface area contributed by atoms with Gasteiger partial charge < -0.3 is 0 Å². The Balaban J connectivity index is 2.96.